The SMILES string of the molecule is CCCCCCCOC(=O)C1CCC(C(=S)N=C(CCCCCCC)N(C)C)CC1. The summed E-state index contributed by atoms with van der Waals surface area (Å²) < 4.78 is 5.52. The molecule has 1 rings (SSSR count). The Balaban J connectivity index is 2.35. The fraction of sp³-hybridized carbons (Fsp3) is 0.880. The summed E-state index contributed by atoms with van der Waals surface area (Å²) in [6, 6.07) is 0. The van der Waals surface area contributed by atoms with Gasteiger partial charge in [-0.15, -0.1) is 0 Å². The van der Waals surface area contributed by atoms with Crippen LogP contribution in [0.4, 0.5) is 0 Å². The van der Waals surface area contributed by atoms with Crippen LogP contribution in [0.3, 0.4) is 0 Å². The highest BCUT2D eigenvalue weighted by molar-refractivity contribution is 7.80. The Morgan fingerprint density at radius 1 is 0.867 bits per heavy atom. The van der Waals surface area contributed by atoms with Gasteiger partial charge in [-0.2, -0.15) is 0 Å². The first-order valence-electron chi connectivity index (χ1n) is 12.4. The summed E-state index contributed by atoms with van der Waals surface area (Å²) in [5, 5.41) is 0. The van der Waals surface area contributed by atoms with Crippen molar-refractivity contribution in [1.29, 1.82) is 0 Å². The molecular formula is C25H46N2O2S. The Bertz CT molecular complexity index is 511. The summed E-state index contributed by atoms with van der Waals surface area (Å²) in [5.74, 6) is 1.48. The van der Waals surface area contributed by atoms with E-state index in [9.17, 15) is 4.79 Å². The van der Waals surface area contributed by atoms with Gasteiger partial charge in [0.15, 0.2) is 0 Å². The zero-order valence-electron chi connectivity index (χ0n) is 20.1. The lowest BCUT2D eigenvalue weighted by Gasteiger charge is -2.27. The minimum absolute atomic E-state index is 0.000536. The van der Waals surface area contributed by atoms with Gasteiger partial charge in [0.1, 0.15) is 10.8 Å². The monoisotopic (exact) mass is 438 g/mol. The summed E-state index contributed by atoms with van der Waals surface area (Å²) >= 11 is 5.68. The number of aliphatic imine (C=N–C) groups is 1. The van der Waals surface area contributed by atoms with Crippen molar-refractivity contribution in [3.63, 3.8) is 0 Å². The molecule has 1 aliphatic rings. The molecule has 0 atom stereocenters. The van der Waals surface area contributed by atoms with Gasteiger partial charge in [0.25, 0.3) is 0 Å². The summed E-state index contributed by atoms with van der Waals surface area (Å²) in [6.45, 7) is 5.03. The molecule has 30 heavy (non-hydrogen) atoms. The van der Waals surface area contributed by atoms with Crippen LogP contribution >= 0.6 is 12.2 Å². The third kappa shape index (κ3) is 11.4. The van der Waals surface area contributed by atoms with Gasteiger partial charge in [0.2, 0.25) is 0 Å². The van der Waals surface area contributed by atoms with E-state index < -0.39 is 0 Å². The number of thiocarbonyl (C=S) groups is 1. The van der Waals surface area contributed by atoms with E-state index in [1.54, 1.807) is 0 Å². The number of hydrogen-bond acceptors (Lipinski definition) is 3. The molecule has 4 nitrogen and oxygen atoms in total. The van der Waals surface area contributed by atoms with E-state index in [4.69, 9.17) is 21.9 Å². The second kappa shape index (κ2) is 16.7. The first-order chi connectivity index (χ1) is 14.5. The number of esters is 1. The van der Waals surface area contributed by atoms with Crippen molar-refractivity contribution < 1.29 is 9.53 Å². The Morgan fingerprint density at radius 3 is 1.97 bits per heavy atom. The lowest BCUT2D eigenvalue weighted by Crippen LogP contribution is -2.28. The molecule has 1 fully saturated rings. The van der Waals surface area contributed by atoms with Gasteiger partial charge in [-0.3, -0.25) is 4.79 Å². The van der Waals surface area contributed by atoms with Crippen molar-refractivity contribution in [2.45, 2.75) is 110 Å². The Kier molecular flexibility index (Phi) is 15.1. The number of ether oxygens (including phenoxy) is 1. The van der Waals surface area contributed by atoms with Crippen molar-refractivity contribution in [1.82, 2.24) is 4.90 Å². The molecule has 0 saturated heterocycles. The maximum absolute atomic E-state index is 12.3. The average molecular weight is 439 g/mol. The van der Waals surface area contributed by atoms with Crippen molar-refractivity contribution in [3.05, 3.63) is 0 Å². The van der Waals surface area contributed by atoms with Crippen LogP contribution in [0.2, 0.25) is 0 Å². The van der Waals surface area contributed by atoms with Crippen LogP contribution in [0.5, 0.6) is 0 Å². The third-order valence-electron chi connectivity index (χ3n) is 6.16. The summed E-state index contributed by atoms with van der Waals surface area (Å²) in [7, 11) is 4.12. The van der Waals surface area contributed by atoms with Crippen LogP contribution in [0.15, 0.2) is 4.99 Å². The highest BCUT2D eigenvalue weighted by Gasteiger charge is 2.29. The lowest BCUT2D eigenvalue weighted by atomic mass is 9.82. The van der Waals surface area contributed by atoms with E-state index in [0.29, 0.717) is 12.5 Å². The minimum atomic E-state index is -0.000536. The van der Waals surface area contributed by atoms with Crippen molar-refractivity contribution >= 4 is 29.0 Å². The number of nitrogens with zero attached hydrogens (tertiary/aromatic N) is 2. The fourth-order valence-corrected chi connectivity index (χ4v) is 4.40. The van der Waals surface area contributed by atoms with E-state index in [0.717, 1.165) is 55.8 Å². The summed E-state index contributed by atoms with van der Waals surface area (Å²) in [5.41, 5.74) is 0. The molecule has 0 spiro atoms. The molecule has 5 heteroatoms. The first kappa shape index (κ1) is 27.1. The van der Waals surface area contributed by atoms with E-state index in [2.05, 4.69) is 32.8 Å². The highest BCUT2D eigenvalue weighted by Crippen LogP contribution is 2.31. The second-order valence-corrected chi connectivity index (χ2v) is 9.47. The number of carbonyl (C=O) groups excluding carboxylic acids is 1. The molecule has 0 bridgehead atoms. The van der Waals surface area contributed by atoms with Gasteiger partial charge >= 0.3 is 5.97 Å². The first-order valence-corrected chi connectivity index (χ1v) is 12.9. The Labute approximate surface area is 191 Å². The van der Waals surface area contributed by atoms with Crippen LogP contribution in [0, 0.1) is 11.8 Å². The highest BCUT2D eigenvalue weighted by atomic mass is 32.1. The van der Waals surface area contributed by atoms with E-state index >= 15 is 0 Å². The van der Waals surface area contributed by atoms with Crippen LogP contribution in [0.25, 0.3) is 0 Å². The van der Waals surface area contributed by atoms with Gasteiger partial charge in [-0.05, 0) is 38.5 Å². The van der Waals surface area contributed by atoms with Crippen LogP contribution < -0.4 is 0 Å². The van der Waals surface area contributed by atoms with E-state index in [1.165, 1.54) is 51.4 Å². The van der Waals surface area contributed by atoms with Crippen LogP contribution in [-0.2, 0) is 9.53 Å². The predicted molar refractivity (Wildman–Crippen MR) is 132 cm³/mol. The normalized spacial score (nSPS) is 19.5. The number of hydrogen-bond donors (Lipinski definition) is 0. The molecule has 0 aromatic heterocycles. The maximum Gasteiger partial charge on any atom is 0.308 e. The smallest absolute Gasteiger partial charge is 0.308 e. The molecule has 0 unspecified atom stereocenters. The van der Waals surface area contributed by atoms with Crippen molar-refractivity contribution in [2.75, 3.05) is 20.7 Å². The third-order valence-corrected chi connectivity index (χ3v) is 6.59. The zero-order chi connectivity index (χ0) is 22.2. The lowest BCUT2D eigenvalue weighted by molar-refractivity contribution is -0.149. The van der Waals surface area contributed by atoms with Crippen molar-refractivity contribution in [3.8, 4) is 0 Å². The molecule has 0 heterocycles. The number of carbonyl (C=O) groups is 1. The Morgan fingerprint density at radius 2 is 1.40 bits per heavy atom. The van der Waals surface area contributed by atoms with Gasteiger partial charge in [-0.25, -0.2) is 4.99 Å². The van der Waals surface area contributed by atoms with Crippen LogP contribution in [0.1, 0.15) is 110 Å². The topological polar surface area (TPSA) is 41.9 Å². The molecule has 0 amide bonds. The number of amidine groups is 1. The molecular weight excluding hydrogens is 392 g/mol. The summed E-state index contributed by atoms with van der Waals surface area (Å²) in [4.78, 5) is 20.1. The minimum Gasteiger partial charge on any atom is -0.465 e. The standard InChI is InChI=1S/C25H46N2O2S/c1-5-7-9-11-13-15-23(27(3)4)26-24(30)21-16-18-22(19-17-21)25(28)29-20-14-12-10-8-6-2/h21-22H,5-20H2,1-4H3. The van der Waals surface area contributed by atoms with Crippen LogP contribution in [-0.4, -0.2) is 42.4 Å². The van der Waals surface area contributed by atoms with E-state index in [-0.39, 0.29) is 11.9 Å². The second-order valence-electron chi connectivity index (χ2n) is 9.06. The molecule has 1 aliphatic carbocycles. The molecule has 174 valence electrons. The summed E-state index contributed by atoms with van der Waals surface area (Å²) in [6.07, 6.45) is 16.9. The molecule has 0 aromatic rings. The van der Waals surface area contributed by atoms with Gasteiger partial charge < -0.3 is 9.64 Å². The molecule has 1 saturated carbocycles. The number of unbranched alkanes of at least 4 members (excludes halogenated alkanes) is 8. The molecule has 0 radical (unpaired) electrons. The van der Waals surface area contributed by atoms with Gasteiger partial charge in [0, 0.05) is 26.4 Å². The average Bonchev–Trinajstić information content (AvgIpc) is 2.74. The predicted octanol–water partition coefficient (Wildman–Crippen LogP) is 6.95. The van der Waals surface area contributed by atoms with E-state index in [1.807, 2.05) is 0 Å². The van der Waals surface area contributed by atoms with Crippen molar-refractivity contribution in [2.24, 2.45) is 16.8 Å². The zero-order valence-corrected chi connectivity index (χ0v) is 20.9. The molecule has 0 aliphatic heterocycles. The molecule has 0 N–H and O–H groups in total. The largest absolute Gasteiger partial charge is 0.465 e. The molecule has 0 aromatic carbocycles. The fourth-order valence-electron chi connectivity index (χ4n) is 4.06. The number of rotatable bonds is 14. The van der Waals surface area contributed by atoms with Gasteiger partial charge in [0.05, 0.1) is 12.5 Å². The quantitative estimate of drug-likeness (QED) is 0.0967. The maximum atomic E-state index is 12.3. The Hall–Kier alpha value is -0.970. The van der Waals surface area contributed by atoms with Gasteiger partial charge in [-0.1, -0.05) is 77.4 Å².